The van der Waals surface area contributed by atoms with Crippen LogP contribution >= 0.6 is 11.3 Å². The minimum absolute atomic E-state index is 0.535. The predicted octanol–water partition coefficient (Wildman–Crippen LogP) is 2.51. The molecular weight excluding hydrogens is 350 g/mol. The number of benzene rings is 1. The summed E-state index contributed by atoms with van der Waals surface area (Å²) in [5.41, 5.74) is 3.08. The van der Waals surface area contributed by atoms with E-state index in [-0.39, 0.29) is 0 Å². The summed E-state index contributed by atoms with van der Waals surface area (Å²) in [6.07, 6.45) is 0.926. The Morgan fingerprint density at radius 2 is 2.08 bits per heavy atom. The molecule has 2 aromatic heterocycles. The second-order valence-electron chi connectivity index (χ2n) is 6.49. The van der Waals surface area contributed by atoms with Gasteiger partial charge in [0.1, 0.15) is 10.6 Å². The van der Waals surface area contributed by atoms with Crippen LogP contribution in [-0.4, -0.2) is 47.9 Å². The number of hydrogen-bond acceptors (Lipinski definition) is 8. The summed E-state index contributed by atoms with van der Waals surface area (Å²) < 4.78 is 11.1. The van der Waals surface area contributed by atoms with Gasteiger partial charge in [-0.25, -0.2) is 4.98 Å². The van der Waals surface area contributed by atoms with Crippen molar-refractivity contribution in [2.45, 2.75) is 13.3 Å². The maximum atomic E-state index is 5.56. The molecule has 4 heterocycles. The maximum Gasteiger partial charge on any atom is 0.270 e. The van der Waals surface area contributed by atoms with E-state index in [0.29, 0.717) is 11.7 Å². The molecule has 1 aromatic carbocycles. The number of thiazole rings is 1. The van der Waals surface area contributed by atoms with Gasteiger partial charge < -0.3 is 19.5 Å². The van der Waals surface area contributed by atoms with Crippen molar-refractivity contribution in [2.75, 3.05) is 37.7 Å². The minimum Gasteiger partial charge on any atom is -0.493 e. The third-order valence-corrected chi connectivity index (χ3v) is 5.95. The first kappa shape index (κ1) is 15.8. The Morgan fingerprint density at radius 1 is 1.19 bits per heavy atom. The second-order valence-corrected chi connectivity index (χ2v) is 7.47. The number of hydrogen-bond donors (Lipinski definition) is 1. The van der Waals surface area contributed by atoms with Crippen molar-refractivity contribution in [3.8, 4) is 27.9 Å². The number of aromatic nitrogens is 3. The summed E-state index contributed by atoms with van der Waals surface area (Å²) >= 11 is 1.62. The third kappa shape index (κ3) is 2.75. The van der Waals surface area contributed by atoms with Gasteiger partial charge in [0.25, 0.3) is 5.89 Å². The Labute approximate surface area is 155 Å². The van der Waals surface area contributed by atoms with Gasteiger partial charge in [-0.15, -0.1) is 0 Å². The van der Waals surface area contributed by atoms with Crippen LogP contribution in [0.5, 0.6) is 5.75 Å². The van der Waals surface area contributed by atoms with Crippen LogP contribution in [0.1, 0.15) is 11.3 Å². The molecule has 0 unspecified atom stereocenters. The van der Waals surface area contributed by atoms with Gasteiger partial charge in [0.05, 0.1) is 12.3 Å². The number of ether oxygens (including phenoxy) is 1. The number of anilines is 1. The number of rotatable bonds is 3. The van der Waals surface area contributed by atoms with Crippen LogP contribution in [0, 0.1) is 6.92 Å². The molecule has 8 heteroatoms. The van der Waals surface area contributed by atoms with Crippen molar-refractivity contribution in [1.82, 2.24) is 20.4 Å². The molecule has 2 aliphatic heterocycles. The molecular formula is C18H19N5O2S. The molecule has 0 aliphatic carbocycles. The largest absolute Gasteiger partial charge is 0.493 e. The van der Waals surface area contributed by atoms with Crippen molar-refractivity contribution in [1.29, 1.82) is 0 Å². The Bertz CT molecular complexity index is 945. The van der Waals surface area contributed by atoms with Gasteiger partial charge in [-0.1, -0.05) is 16.5 Å². The van der Waals surface area contributed by atoms with E-state index < -0.39 is 0 Å². The van der Waals surface area contributed by atoms with Crippen molar-refractivity contribution in [3.05, 3.63) is 29.5 Å². The van der Waals surface area contributed by atoms with Crippen molar-refractivity contribution < 1.29 is 9.26 Å². The third-order valence-electron chi connectivity index (χ3n) is 4.74. The molecule has 0 saturated carbocycles. The lowest BCUT2D eigenvalue weighted by atomic mass is 10.1. The summed E-state index contributed by atoms with van der Waals surface area (Å²) in [7, 11) is 0. The lowest BCUT2D eigenvalue weighted by molar-refractivity contribution is 0.357. The summed E-state index contributed by atoms with van der Waals surface area (Å²) in [6.45, 7) is 6.65. The van der Waals surface area contributed by atoms with Crippen LogP contribution in [-0.2, 0) is 6.42 Å². The average Bonchev–Trinajstić information content (AvgIpc) is 3.40. The number of fused-ring (bicyclic) bond motifs is 1. The zero-order chi connectivity index (χ0) is 17.5. The maximum absolute atomic E-state index is 5.56. The van der Waals surface area contributed by atoms with E-state index in [0.717, 1.165) is 66.2 Å². The smallest absolute Gasteiger partial charge is 0.270 e. The molecule has 3 aromatic rings. The van der Waals surface area contributed by atoms with E-state index in [1.807, 2.05) is 19.1 Å². The first-order valence-electron chi connectivity index (χ1n) is 8.81. The summed E-state index contributed by atoms with van der Waals surface area (Å²) in [6, 6.07) is 6.04. The molecule has 2 aliphatic rings. The topological polar surface area (TPSA) is 76.3 Å². The molecule has 0 atom stereocenters. The van der Waals surface area contributed by atoms with Crippen molar-refractivity contribution in [2.24, 2.45) is 0 Å². The lowest BCUT2D eigenvalue weighted by Gasteiger charge is -2.26. The fraction of sp³-hybridized carbons (Fsp3) is 0.389. The molecule has 0 spiro atoms. The zero-order valence-electron chi connectivity index (χ0n) is 14.5. The van der Waals surface area contributed by atoms with Gasteiger partial charge in [-0.05, 0) is 30.7 Å². The van der Waals surface area contributed by atoms with E-state index in [9.17, 15) is 0 Å². The molecule has 1 fully saturated rings. The van der Waals surface area contributed by atoms with Gasteiger partial charge in [0.15, 0.2) is 5.13 Å². The SMILES string of the molecule is Cc1nc(N2CCNCC2)sc1-c1nc(-c2ccc3c(c2)CCO3)no1. The van der Waals surface area contributed by atoms with Gasteiger partial charge in [-0.2, -0.15) is 4.98 Å². The Balaban J connectivity index is 1.44. The minimum atomic E-state index is 0.535. The molecule has 0 bridgehead atoms. The standard InChI is InChI=1S/C18H19N5O2S/c1-11-15(26-18(20-11)23-7-5-19-6-8-23)17-21-16(22-25-17)13-2-3-14-12(10-13)4-9-24-14/h2-3,10,19H,4-9H2,1H3. The quantitative estimate of drug-likeness (QED) is 0.760. The molecule has 134 valence electrons. The fourth-order valence-electron chi connectivity index (χ4n) is 3.33. The molecule has 5 rings (SSSR count). The highest BCUT2D eigenvalue weighted by molar-refractivity contribution is 7.19. The first-order chi connectivity index (χ1) is 12.8. The summed E-state index contributed by atoms with van der Waals surface area (Å²) in [5.74, 6) is 2.09. The number of nitrogens with zero attached hydrogens (tertiary/aromatic N) is 4. The monoisotopic (exact) mass is 369 g/mol. The van der Waals surface area contributed by atoms with E-state index in [1.54, 1.807) is 11.3 Å². The highest BCUT2D eigenvalue weighted by Gasteiger charge is 2.21. The number of piperazine rings is 1. The van der Waals surface area contributed by atoms with Crippen LogP contribution in [0.4, 0.5) is 5.13 Å². The second kappa shape index (κ2) is 6.37. The van der Waals surface area contributed by atoms with E-state index >= 15 is 0 Å². The summed E-state index contributed by atoms with van der Waals surface area (Å²) in [5, 5.41) is 8.56. The van der Waals surface area contributed by atoms with Gasteiger partial charge >= 0.3 is 0 Å². The van der Waals surface area contributed by atoms with E-state index in [1.165, 1.54) is 5.56 Å². The molecule has 26 heavy (non-hydrogen) atoms. The Kier molecular flexibility index (Phi) is 3.86. The lowest BCUT2D eigenvalue weighted by Crippen LogP contribution is -2.43. The number of nitrogens with one attached hydrogen (secondary N) is 1. The van der Waals surface area contributed by atoms with Crippen LogP contribution in [0.3, 0.4) is 0 Å². The molecule has 7 nitrogen and oxygen atoms in total. The zero-order valence-corrected chi connectivity index (χ0v) is 15.3. The fourth-order valence-corrected chi connectivity index (χ4v) is 4.37. The summed E-state index contributed by atoms with van der Waals surface area (Å²) in [4.78, 5) is 12.6. The van der Waals surface area contributed by atoms with E-state index in [2.05, 4.69) is 26.4 Å². The highest BCUT2D eigenvalue weighted by atomic mass is 32.1. The molecule has 1 saturated heterocycles. The predicted molar refractivity (Wildman–Crippen MR) is 99.9 cm³/mol. The molecule has 0 radical (unpaired) electrons. The van der Waals surface area contributed by atoms with Crippen LogP contribution in [0.2, 0.25) is 0 Å². The van der Waals surface area contributed by atoms with Crippen molar-refractivity contribution >= 4 is 16.5 Å². The van der Waals surface area contributed by atoms with Crippen molar-refractivity contribution in [3.63, 3.8) is 0 Å². The first-order valence-corrected chi connectivity index (χ1v) is 9.63. The average molecular weight is 369 g/mol. The van der Waals surface area contributed by atoms with Gasteiger partial charge in [0.2, 0.25) is 5.82 Å². The van der Waals surface area contributed by atoms with Crippen LogP contribution in [0.15, 0.2) is 22.7 Å². The molecule has 0 amide bonds. The van der Waals surface area contributed by atoms with Gasteiger partial charge in [0, 0.05) is 38.2 Å². The number of aryl methyl sites for hydroxylation is 1. The Hall–Kier alpha value is -2.45. The highest BCUT2D eigenvalue weighted by Crippen LogP contribution is 2.35. The van der Waals surface area contributed by atoms with Crippen LogP contribution in [0.25, 0.3) is 22.2 Å². The normalized spacial score (nSPS) is 16.6. The van der Waals surface area contributed by atoms with Crippen LogP contribution < -0.4 is 15.0 Å². The Morgan fingerprint density at radius 3 is 2.96 bits per heavy atom. The van der Waals surface area contributed by atoms with Gasteiger partial charge in [-0.3, -0.25) is 0 Å². The molecule has 1 N–H and O–H groups in total. The van der Waals surface area contributed by atoms with E-state index in [4.69, 9.17) is 14.2 Å².